The third-order valence-electron chi connectivity index (χ3n) is 4.24. The molecule has 1 N–H and O–H groups in total. The number of carbonyl (C=O) groups is 1. The summed E-state index contributed by atoms with van der Waals surface area (Å²) in [6.45, 7) is 0.669. The van der Waals surface area contributed by atoms with Crippen LogP contribution in [-0.4, -0.2) is 24.5 Å². The normalized spacial score (nSPS) is 19.6. The minimum absolute atomic E-state index is 0.0183. The van der Waals surface area contributed by atoms with Crippen LogP contribution in [0, 0.1) is 16.0 Å². The zero-order chi connectivity index (χ0) is 17.8. The Morgan fingerprint density at radius 2 is 2.04 bits per heavy atom. The molecule has 1 fully saturated rings. The number of methoxy groups -OCH3 is 1. The molecule has 1 aliphatic rings. The minimum Gasteiger partial charge on any atom is -0.469 e. The first kappa shape index (κ1) is 17.4. The number of nitro groups is 1. The van der Waals surface area contributed by atoms with Crippen molar-refractivity contribution in [1.82, 2.24) is 5.32 Å². The van der Waals surface area contributed by atoms with Gasteiger partial charge in [0.05, 0.1) is 18.0 Å². The molecule has 1 saturated heterocycles. The number of nitrogens with one attached hydrogen (secondary N) is 1. The maximum atomic E-state index is 12.1. The number of non-ortho nitro benzene ring substituents is 1. The highest BCUT2D eigenvalue weighted by Crippen LogP contribution is 2.40. The lowest BCUT2D eigenvalue weighted by Crippen LogP contribution is -2.25. The summed E-state index contributed by atoms with van der Waals surface area (Å²) in [4.78, 5) is 24.8. The van der Waals surface area contributed by atoms with E-state index in [0.29, 0.717) is 13.0 Å². The molecule has 1 heterocycles. The number of carbonyl (C=O) groups excluding carboxylic acids is 1. The van der Waals surface area contributed by atoms with Gasteiger partial charge in [0.1, 0.15) is 0 Å². The Hall–Kier alpha value is -2.38. The molecule has 1 aliphatic heterocycles. The number of benzene rings is 2. The molecule has 3 rings (SSSR count). The molecule has 6 nitrogen and oxygen atoms in total. The van der Waals surface area contributed by atoms with E-state index in [4.69, 9.17) is 4.74 Å². The monoisotopic (exact) mass is 358 g/mol. The first-order valence-corrected chi connectivity index (χ1v) is 8.74. The number of nitrogens with zero attached hydrogens (tertiary/aromatic N) is 1. The van der Waals surface area contributed by atoms with Crippen LogP contribution >= 0.6 is 11.8 Å². The van der Waals surface area contributed by atoms with Gasteiger partial charge in [-0.15, -0.1) is 0 Å². The Kier molecular flexibility index (Phi) is 5.35. The maximum Gasteiger partial charge on any atom is 0.310 e. The summed E-state index contributed by atoms with van der Waals surface area (Å²) in [5.41, 5.74) is 0.778. The highest BCUT2D eigenvalue weighted by molar-refractivity contribution is 7.99. The van der Waals surface area contributed by atoms with Crippen molar-refractivity contribution >= 4 is 23.4 Å². The van der Waals surface area contributed by atoms with E-state index in [2.05, 4.69) is 5.32 Å². The van der Waals surface area contributed by atoms with Crippen LogP contribution in [-0.2, 0) is 9.53 Å². The van der Waals surface area contributed by atoms with E-state index < -0.39 is 4.92 Å². The van der Waals surface area contributed by atoms with Crippen LogP contribution < -0.4 is 5.32 Å². The molecule has 0 radical (unpaired) electrons. The van der Waals surface area contributed by atoms with Crippen molar-refractivity contribution in [3.8, 4) is 0 Å². The second kappa shape index (κ2) is 7.67. The van der Waals surface area contributed by atoms with Crippen LogP contribution in [0.3, 0.4) is 0 Å². The van der Waals surface area contributed by atoms with Crippen molar-refractivity contribution in [2.75, 3.05) is 13.7 Å². The standard InChI is InChI=1S/C18H18N2O4S/c1-24-18(21)14-9-10-19-17(14)15-11-12(20(22)23)7-8-16(15)25-13-5-3-2-4-6-13/h2-8,11,14,17,19H,9-10H2,1H3. The molecule has 0 aromatic heterocycles. The smallest absolute Gasteiger partial charge is 0.310 e. The first-order chi connectivity index (χ1) is 12.1. The van der Waals surface area contributed by atoms with Crippen LogP contribution in [0.4, 0.5) is 5.69 Å². The average molecular weight is 358 g/mol. The molecule has 0 amide bonds. The quantitative estimate of drug-likeness (QED) is 0.500. The van der Waals surface area contributed by atoms with Gasteiger partial charge in [0.2, 0.25) is 0 Å². The fourth-order valence-corrected chi connectivity index (χ4v) is 4.02. The molecule has 25 heavy (non-hydrogen) atoms. The van der Waals surface area contributed by atoms with Gasteiger partial charge in [0.25, 0.3) is 5.69 Å². The summed E-state index contributed by atoms with van der Waals surface area (Å²) >= 11 is 1.53. The Morgan fingerprint density at radius 1 is 1.28 bits per heavy atom. The van der Waals surface area contributed by atoms with Crippen LogP contribution in [0.15, 0.2) is 58.3 Å². The van der Waals surface area contributed by atoms with E-state index in [0.717, 1.165) is 15.4 Å². The second-order valence-corrected chi connectivity index (χ2v) is 6.86. The molecular weight excluding hydrogens is 340 g/mol. The van der Waals surface area contributed by atoms with E-state index >= 15 is 0 Å². The molecule has 2 unspecified atom stereocenters. The third-order valence-corrected chi connectivity index (χ3v) is 5.34. The summed E-state index contributed by atoms with van der Waals surface area (Å²) in [6.07, 6.45) is 0.648. The van der Waals surface area contributed by atoms with Gasteiger partial charge in [0, 0.05) is 28.0 Å². The van der Waals surface area contributed by atoms with Crippen molar-refractivity contribution in [2.45, 2.75) is 22.3 Å². The summed E-state index contributed by atoms with van der Waals surface area (Å²) in [6, 6.07) is 14.3. The molecule has 2 atom stereocenters. The third kappa shape index (κ3) is 3.83. The van der Waals surface area contributed by atoms with Crippen molar-refractivity contribution in [3.05, 3.63) is 64.2 Å². The van der Waals surface area contributed by atoms with Gasteiger partial charge >= 0.3 is 5.97 Å². The van der Waals surface area contributed by atoms with Gasteiger partial charge in [-0.2, -0.15) is 0 Å². The van der Waals surface area contributed by atoms with Crippen LogP contribution in [0.5, 0.6) is 0 Å². The van der Waals surface area contributed by atoms with Gasteiger partial charge in [-0.3, -0.25) is 14.9 Å². The molecular formula is C18H18N2O4S. The molecule has 0 spiro atoms. The molecule has 130 valence electrons. The van der Waals surface area contributed by atoms with E-state index in [1.165, 1.54) is 24.9 Å². The van der Waals surface area contributed by atoms with E-state index in [1.54, 1.807) is 12.1 Å². The Balaban J connectivity index is 2.01. The molecule has 0 aliphatic carbocycles. The van der Waals surface area contributed by atoms with Gasteiger partial charge in [-0.25, -0.2) is 0 Å². The highest BCUT2D eigenvalue weighted by Gasteiger charge is 2.36. The molecule has 0 saturated carbocycles. The van der Waals surface area contributed by atoms with E-state index in [9.17, 15) is 14.9 Å². The number of nitro benzene ring substituents is 1. The lowest BCUT2D eigenvalue weighted by Gasteiger charge is -2.20. The predicted octanol–water partition coefficient (Wildman–Crippen LogP) is 3.57. The lowest BCUT2D eigenvalue weighted by atomic mass is 9.94. The SMILES string of the molecule is COC(=O)C1CCNC1c1cc([N+](=O)[O-])ccc1Sc1ccccc1. The molecule has 2 aromatic rings. The van der Waals surface area contributed by atoms with E-state index in [1.807, 2.05) is 30.3 Å². The molecule has 2 aromatic carbocycles. The van der Waals surface area contributed by atoms with Crippen molar-refractivity contribution in [1.29, 1.82) is 0 Å². The van der Waals surface area contributed by atoms with Crippen LogP contribution in [0.2, 0.25) is 0 Å². The Morgan fingerprint density at radius 3 is 2.72 bits per heavy atom. The topological polar surface area (TPSA) is 81.5 Å². The molecule has 0 bridgehead atoms. The largest absolute Gasteiger partial charge is 0.469 e. The van der Waals surface area contributed by atoms with Crippen molar-refractivity contribution < 1.29 is 14.5 Å². The second-order valence-electron chi connectivity index (χ2n) is 5.74. The lowest BCUT2D eigenvalue weighted by molar-refractivity contribution is -0.385. The fourth-order valence-electron chi connectivity index (χ4n) is 3.04. The van der Waals surface area contributed by atoms with Crippen LogP contribution in [0.1, 0.15) is 18.0 Å². The maximum absolute atomic E-state index is 12.1. The number of rotatable bonds is 5. The zero-order valence-electron chi connectivity index (χ0n) is 13.7. The summed E-state index contributed by atoms with van der Waals surface area (Å²) in [7, 11) is 1.37. The number of hydrogen-bond donors (Lipinski definition) is 1. The Labute approximate surface area is 149 Å². The van der Waals surface area contributed by atoms with Crippen molar-refractivity contribution in [2.24, 2.45) is 5.92 Å². The highest BCUT2D eigenvalue weighted by atomic mass is 32.2. The summed E-state index contributed by atoms with van der Waals surface area (Å²) in [5.74, 6) is -0.640. The van der Waals surface area contributed by atoms with Crippen molar-refractivity contribution in [3.63, 3.8) is 0 Å². The van der Waals surface area contributed by atoms with Gasteiger partial charge in [0.15, 0.2) is 0 Å². The Bertz CT molecular complexity index is 782. The number of hydrogen-bond acceptors (Lipinski definition) is 6. The number of ether oxygens (including phenoxy) is 1. The van der Waals surface area contributed by atoms with Gasteiger partial charge in [-0.1, -0.05) is 30.0 Å². The predicted molar refractivity (Wildman–Crippen MR) is 94.5 cm³/mol. The van der Waals surface area contributed by atoms with Gasteiger partial charge in [-0.05, 0) is 36.7 Å². The van der Waals surface area contributed by atoms with E-state index in [-0.39, 0.29) is 23.6 Å². The summed E-state index contributed by atoms with van der Waals surface area (Å²) < 4.78 is 4.90. The molecule has 7 heteroatoms. The summed E-state index contributed by atoms with van der Waals surface area (Å²) in [5, 5.41) is 14.5. The van der Waals surface area contributed by atoms with Gasteiger partial charge < -0.3 is 10.1 Å². The first-order valence-electron chi connectivity index (χ1n) is 7.92. The zero-order valence-corrected chi connectivity index (χ0v) is 14.5. The minimum atomic E-state index is -0.414. The average Bonchev–Trinajstić information content (AvgIpc) is 3.11. The van der Waals surface area contributed by atoms with Crippen LogP contribution in [0.25, 0.3) is 0 Å². The number of esters is 1. The fraction of sp³-hybridized carbons (Fsp3) is 0.278.